The van der Waals surface area contributed by atoms with Crippen molar-refractivity contribution in [2.45, 2.75) is 41.2 Å². The van der Waals surface area contributed by atoms with Gasteiger partial charge in [-0.3, -0.25) is 4.79 Å². The molecule has 0 aromatic carbocycles. The third-order valence-corrected chi connectivity index (χ3v) is 3.62. The van der Waals surface area contributed by atoms with Gasteiger partial charge in [0, 0.05) is 26.7 Å². The topological polar surface area (TPSA) is 74.0 Å². The first-order chi connectivity index (χ1) is 10.9. The second kappa shape index (κ2) is 9.17. The summed E-state index contributed by atoms with van der Waals surface area (Å²) in [6, 6.07) is 0. The maximum Gasteiger partial charge on any atom is 0.242 e. The summed E-state index contributed by atoms with van der Waals surface area (Å²) in [6.45, 7) is 12.5. The highest BCUT2D eigenvalue weighted by Gasteiger charge is 2.15. The standard InChI is InChI=1S/C16H29N5O2/c1-7-17-16(18-10-14-19-12(4)13(5)23-14)20(6)11-15(22)21(8-2)9-3/h7-11H2,1-6H3,(H,17,18). The molecule has 0 saturated heterocycles. The van der Waals surface area contributed by atoms with Crippen molar-refractivity contribution >= 4 is 11.9 Å². The fourth-order valence-corrected chi connectivity index (χ4v) is 2.17. The molecule has 1 rings (SSSR count). The monoisotopic (exact) mass is 323 g/mol. The molecule has 0 aliphatic rings. The summed E-state index contributed by atoms with van der Waals surface area (Å²) in [5, 5.41) is 3.19. The molecule has 0 atom stereocenters. The number of rotatable bonds is 7. The molecular formula is C16H29N5O2. The molecule has 1 aromatic rings. The van der Waals surface area contributed by atoms with Crippen LogP contribution < -0.4 is 5.32 Å². The highest BCUT2D eigenvalue weighted by Crippen LogP contribution is 2.09. The van der Waals surface area contributed by atoms with Gasteiger partial charge in [-0.1, -0.05) is 0 Å². The lowest BCUT2D eigenvalue weighted by Gasteiger charge is -2.25. The Morgan fingerprint density at radius 2 is 1.91 bits per heavy atom. The number of likely N-dealkylation sites (N-methyl/N-ethyl adjacent to an activating group) is 2. The van der Waals surface area contributed by atoms with Crippen LogP contribution in [0.15, 0.2) is 9.41 Å². The Bertz CT molecular complexity index is 515. The van der Waals surface area contributed by atoms with Crippen molar-refractivity contribution in [1.29, 1.82) is 0 Å². The number of hydrogen-bond donors (Lipinski definition) is 1. The number of hydrogen-bond acceptors (Lipinski definition) is 4. The second-order valence-corrected chi connectivity index (χ2v) is 5.34. The Labute approximate surface area is 138 Å². The lowest BCUT2D eigenvalue weighted by Crippen LogP contribution is -2.45. The van der Waals surface area contributed by atoms with E-state index in [2.05, 4.69) is 15.3 Å². The minimum Gasteiger partial charge on any atom is -0.444 e. The number of aryl methyl sites for hydroxylation is 2. The van der Waals surface area contributed by atoms with Gasteiger partial charge in [0.2, 0.25) is 11.8 Å². The predicted octanol–water partition coefficient (Wildman–Crippen LogP) is 1.56. The van der Waals surface area contributed by atoms with Crippen molar-refractivity contribution < 1.29 is 9.21 Å². The van der Waals surface area contributed by atoms with Crippen LogP contribution in [0.2, 0.25) is 0 Å². The lowest BCUT2D eigenvalue weighted by atomic mass is 10.4. The Balaban J connectivity index is 2.75. The van der Waals surface area contributed by atoms with Gasteiger partial charge in [-0.15, -0.1) is 0 Å². The number of carbonyl (C=O) groups excluding carboxylic acids is 1. The summed E-state index contributed by atoms with van der Waals surface area (Å²) >= 11 is 0. The van der Waals surface area contributed by atoms with E-state index < -0.39 is 0 Å². The molecule has 0 radical (unpaired) electrons. The molecular weight excluding hydrogens is 294 g/mol. The van der Waals surface area contributed by atoms with Crippen LogP contribution in [0.25, 0.3) is 0 Å². The molecule has 0 aliphatic carbocycles. The highest BCUT2D eigenvalue weighted by atomic mass is 16.4. The molecule has 23 heavy (non-hydrogen) atoms. The number of aliphatic imine (C=N–C) groups is 1. The van der Waals surface area contributed by atoms with Gasteiger partial charge in [0.05, 0.1) is 12.2 Å². The van der Waals surface area contributed by atoms with Gasteiger partial charge in [0.25, 0.3) is 0 Å². The summed E-state index contributed by atoms with van der Waals surface area (Å²) in [7, 11) is 1.86. The summed E-state index contributed by atoms with van der Waals surface area (Å²) < 4.78 is 5.54. The van der Waals surface area contributed by atoms with Crippen LogP contribution in [-0.4, -0.2) is 59.9 Å². The number of guanidine groups is 1. The molecule has 0 saturated carbocycles. The van der Waals surface area contributed by atoms with Crippen molar-refractivity contribution in [2.24, 2.45) is 4.99 Å². The van der Waals surface area contributed by atoms with Crippen LogP contribution in [0.5, 0.6) is 0 Å². The molecule has 0 unspecified atom stereocenters. The SMILES string of the molecule is CCNC(=NCc1nc(C)c(C)o1)N(C)CC(=O)N(CC)CC. The summed E-state index contributed by atoms with van der Waals surface area (Å²) in [6.07, 6.45) is 0. The van der Waals surface area contributed by atoms with Crippen molar-refractivity contribution in [3.63, 3.8) is 0 Å². The number of nitrogens with zero attached hydrogens (tertiary/aromatic N) is 4. The van der Waals surface area contributed by atoms with Crippen molar-refractivity contribution in [2.75, 3.05) is 33.2 Å². The Morgan fingerprint density at radius 1 is 1.26 bits per heavy atom. The number of oxazole rings is 1. The van der Waals surface area contributed by atoms with E-state index >= 15 is 0 Å². The summed E-state index contributed by atoms with van der Waals surface area (Å²) in [4.78, 5) is 24.7. The quantitative estimate of drug-likeness (QED) is 0.609. The molecule has 0 spiro atoms. The van der Waals surface area contributed by atoms with Crippen LogP contribution in [0.1, 0.15) is 38.1 Å². The van der Waals surface area contributed by atoms with E-state index in [4.69, 9.17) is 4.42 Å². The van der Waals surface area contributed by atoms with Crippen LogP contribution >= 0.6 is 0 Å². The number of amides is 1. The van der Waals surface area contributed by atoms with E-state index in [0.29, 0.717) is 31.5 Å². The van der Waals surface area contributed by atoms with Crippen LogP contribution in [-0.2, 0) is 11.3 Å². The van der Waals surface area contributed by atoms with Crippen LogP contribution in [0.3, 0.4) is 0 Å². The van der Waals surface area contributed by atoms with Gasteiger partial charge >= 0.3 is 0 Å². The van der Waals surface area contributed by atoms with E-state index in [1.165, 1.54) is 0 Å². The summed E-state index contributed by atoms with van der Waals surface area (Å²) in [5.74, 6) is 2.15. The molecule has 1 aromatic heterocycles. The average molecular weight is 323 g/mol. The van der Waals surface area contributed by atoms with Gasteiger partial charge < -0.3 is 19.5 Å². The molecule has 1 heterocycles. The van der Waals surface area contributed by atoms with E-state index in [0.717, 1.165) is 18.0 Å². The van der Waals surface area contributed by atoms with E-state index in [1.807, 2.05) is 46.6 Å². The molecule has 0 bridgehead atoms. The first-order valence-electron chi connectivity index (χ1n) is 8.12. The number of nitrogens with one attached hydrogen (secondary N) is 1. The van der Waals surface area contributed by atoms with Gasteiger partial charge in [-0.05, 0) is 34.6 Å². The molecule has 130 valence electrons. The largest absolute Gasteiger partial charge is 0.444 e. The maximum absolute atomic E-state index is 12.2. The zero-order chi connectivity index (χ0) is 17.4. The Kier molecular flexibility index (Phi) is 7.57. The van der Waals surface area contributed by atoms with Crippen molar-refractivity contribution in [1.82, 2.24) is 20.1 Å². The number of carbonyl (C=O) groups is 1. The van der Waals surface area contributed by atoms with Gasteiger partial charge in [-0.25, -0.2) is 9.98 Å². The first kappa shape index (κ1) is 19.0. The van der Waals surface area contributed by atoms with Crippen molar-refractivity contribution in [3.8, 4) is 0 Å². The number of aromatic nitrogens is 1. The van der Waals surface area contributed by atoms with Gasteiger partial charge in [-0.2, -0.15) is 0 Å². The molecule has 7 heteroatoms. The smallest absolute Gasteiger partial charge is 0.242 e. The Hall–Kier alpha value is -2.05. The van der Waals surface area contributed by atoms with E-state index in [9.17, 15) is 4.79 Å². The molecule has 7 nitrogen and oxygen atoms in total. The Morgan fingerprint density at radius 3 is 2.39 bits per heavy atom. The van der Waals surface area contributed by atoms with Gasteiger partial charge in [0.15, 0.2) is 5.96 Å². The van der Waals surface area contributed by atoms with Gasteiger partial charge in [0.1, 0.15) is 12.3 Å². The summed E-state index contributed by atoms with van der Waals surface area (Å²) in [5.41, 5.74) is 0.880. The van der Waals surface area contributed by atoms with Crippen molar-refractivity contribution in [3.05, 3.63) is 17.3 Å². The maximum atomic E-state index is 12.2. The molecule has 1 N–H and O–H groups in total. The first-order valence-corrected chi connectivity index (χ1v) is 8.12. The molecule has 1 amide bonds. The predicted molar refractivity (Wildman–Crippen MR) is 91.4 cm³/mol. The van der Waals surface area contributed by atoms with E-state index in [1.54, 1.807) is 4.90 Å². The zero-order valence-electron chi connectivity index (χ0n) is 15.1. The lowest BCUT2D eigenvalue weighted by molar-refractivity contribution is -0.131. The zero-order valence-corrected chi connectivity index (χ0v) is 15.1. The molecule has 0 aliphatic heterocycles. The minimum absolute atomic E-state index is 0.0888. The minimum atomic E-state index is 0.0888. The normalized spacial score (nSPS) is 11.5. The van der Waals surface area contributed by atoms with Crippen LogP contribution in [0, 0.1) is 13.8 Å². The second-order valence-electron chi connectivity index (χ2n) is 5.34. The van der Waals surface area contributed by atoms with Crippen LogP contribution in [0.4, 0.5) is 0 Å². The highest BCUT2D eigenvalue weighted by molar-refractivity contribution is 5.86. The third-order valence-electron chi connectivity index (χ3n) is 3.62. The average Bonchev–Trinajstić information content (AvgIpc) is 2.83. The molecule has 0 fully saturated rings. The third kappa shape index (κ3) is 5.58. The fourth-order valence-electron chi connectivity index (χ4n) is 2.17. The van der Waals surface area contributed by atoms with E-state index in [-0.39, 0.29) is 12.5 Å². The fraction of sp³-hybridized carbons (Fsp3) is 0.688.